The lowest BCUT2D eigenvalue weighted by molar-refractivity contribution is 0.467. The highest BCUT2D eigenvalue weighted by molar-refractivity contribution is 6.57. The molecule has 0 aromatic heterocycles. The Morgan fingerprint density at radius 3 is 1.32 bits per heavy atom. The first-order chi connectivity index (χ1) is 19.9. The third-order valence-electron chi connectivity index (χ3n) is 8.06. The van der Waals surface area contributed by atoms with E-state index in [-0.39, 0.29) is 0 Å². The first-order valence-corrected chi connectivity index (χ1v) is 19.9. The fourth-order valence-electron chi connectivity index (χ4n) is 5.71. The zero-order chi connectivity index (χ0) is 29.2. The molecule has 41 heavy (non-hydrogen) atoms. The summed E-state index contributed by atoms with van der Waals surface area (Å²) >= 11 is 0. The molecule has 0 aliphatic rings. The molecule has 0 aliphatic heterocycles. The maximum atomic E-state index is 6.78. The second-order valence-electron chi connectivity index (χ2n) is 11.4. The lowest BCUT2D eigenvalue weighted by Gasteiger charge is -2.22. The zero-order valence-corrected chi connectivity index (χ0v) is 27.2. The smallest absolute Gasteiger partial charge is 0.130 e. The number of aryl methyl sites for hydroxylation is 2. The van der Waals surface area contributed by atoms with Gasteiger partial charge in [-0.1, -0.05) is 124 Å². The molecule has 0 aliphatic carbocycles. The van der Waals surface area contributed by atoms with Crippen LogP contribution in [0.3, 0.4) is 0 Å². The van der Waals surface area contributed by atoms with E-state index in [9.17, 15) is 0 Å². The van der Waals surface area contributed by atoms with Crippen LogP contribution in [0.5, 0.6) is 11.5 Å². The molecule has 3 heteroatoms. The first kappa shape index (κ1) is 30.6. The van der Waals surface area contributed by atoms with Gasteiger partial charge in [-0.15, -0.1) is 0 Å². The maximum absolute atomic E-state index is 6.78. The van der Waals surface area contributed by atoms with E-state index in [0.717, 1.165) is 48.3 Å². The zero-order valence-electron chi connectivity index (χ0n) is 25.2. The van der Waals surface area contributed by atoms with Crippen molar-refractivity contribution in [2.75, 3.05) is 0 Å². The van der Waals surface area contributed by atoms with Crippen LogP contribution in [-0.2, 0) is 12.8 Å². The summed E-state index contributed by atoms with van der Waals surface area (Å²) in [6.07, 6.45) is 8.03. The Kier molecular flexibility index (Phi) is 11.2. The Hall–Kier alpha value is -3.41. The van der Waals surface area contributed by atoms with Crippen LogP contribution in [0.2, 0.25) is 26.2 Å². The van der Waals surface area contributed by atoms with Crippen molar-refractivity contribution in [3.05, 3.63) is 144 Å². The molecule has 0 spiro atoms. The van der Waals surface area contributed by atoms with Gasteiger partial charge in [0.1, 0.15) is 11.5 Å². The first-order valence-electron chi connectivity index (χ1n) is 14.8. The molecule has 4 rings (SSSR count). The Morgan fingerprint density at radius 1 is 0.585 bits per heavy atom. The van der Waals surface area contributed by atoms with Gasteiger partial charge in [-0.2, -0.15) is 0 Å². The van der Waals surface area contributed by atoms with Gasteiger partial charge in [0.15, 0.2) is 0 Å². The van der Waals surface area contributed by atoms with Crippen molar-refractivity contribution in [2.24, 2.45) is 0 Å². The van der Waals surface area contributed by atoms with E-state index in [1.807, 2.05) is 12.2 Å². The molecule has 0 saturated heterocycles. The summed E-state index contributed by atoms with van der Waals surface area (Å²) in [5.74, 6) is 1.90. The van der Waals surface area contributed by atoms with E-state index in [0.29, 0.717) is 11.1 Å². The van der Waals surface area contributed by atoms with E-state index < -0.39 is 17.6 Å². The number of ether oxygens (including phenoxy) is 1. The van der Waals surface area contributed by atoms with Crippen LogP contribution in [-0.4, -0.2) is 17.6 Å². The maximum Gasteiger partial charge on any atom is 0.130 e. The minimum Gasteiger partial charge on any atom is -0.457 e. The molecular weight excluding hydrogens is 529 g/mol. The molecule has 0 heterocycles. The molecular formula is C38H44OSi2. The van der Waals surface area contributed by atoms with Crippen molar-refractivity contribution in [3.8, 4) is 11.5 Å². The predicted octanol–water partition coefficient (Wildman–Crippen LogP) is 10.8. The summed E-state index contributed by atoms with van der Waals surface area (Å²) in [6.45, 7) is 17.8. The summed E-state index contributed by atoms with van der Waals surface area (Å²) in [5, 5.41) is 0. The summed E-state index contributed by atoms with van der Waals surface area (Å²) < 4.78 is 6.78. The lowest BCUT2D eigenvalue weighted by Crippen LogP contribution is -2.17. The van der Waals surface area contributed by atoms with E-state index in [1.54, 1.807) is 0 Å². The van der Waals surface area contributed by atoms with Crippen molar-refractivity contribution in [1.82, 2.24) is 0 Å². The third-order valence-corrected chi connectivity index (χ3v) is 12.1. The molecule has 4 aromatic rings. The summed E-state index contributed by atoms with van der Waals surface area (Å²) in [6, 6.07) is 35.0. The van der Waals surface area contributed by atoms with Gasteiger partial charge in [-0.05, 0) is 94.4 Å². The molecule has 1 nitrogen and oxygen atoms in total. The second kappa shape index (κ2) is 15.0. The van der Waals surface area contributed by atoms with Crippen molar-refractivity contribution in [1.29, 1.82) is 0 Å². The molecule has 2 atom stereocenters. The van der Waals surface area contributed by atoms with Gasteiger partial charge < -0.3 is 4.74 Å². The van der Waals surface area contributed by atoms with Gasteiger partial charge in [0.05, 0.1) is 0 Å². The monoisotopic (exact) mass is 572 g/mol. The van der Waals surface area contributed by atoms with Crippen LogP contribution in [0.1, 0.15) is 57.3 Å². The van der Waals surface area contributed by atoms with Gasteiger partial charge in [-0.25, -0.2) is 0 Å². The molecule has 0 fully saturated rings. The highest BCUT2D eigenvalue weighted by atomic mass is 28.3. The van der Waals surface area contributed by atoms with Gasteiger partial charge in [0.25, 0.3) is 0 Å². The standard InChI is InChI=1S/C38H44OSi2/c1-7-29-19-23-35(33(27-29)21-25-37(40(3)4)31-15-11-9-12-16-31)39-36-24-20-30(8-2)28-34(36)22-26-38(41(5)6)32-17-13-10-14-18-32/h7-20,23-24,27-28,37-38H,1-2,21-22,25-26H2,3-6H3. The lowest BCUT2D eigenvalue weighted by atomic mass is 10.00. The topological polar surface area (TPSA) is 9.23 Å². The fraction of sp³-hybridized carbons (Fsp3) is 0.263. The highest BCUT2D eigenvalue weighted by Gasteiger charge is 2.20. The third kappa shape index (κ3) is 8.31. The summed E-state index contributed by atoms with van der Waals surface area (Å²) in [4.78, 5) is 0. The Labute approximate surface area is 251 Å². The van der Waals surface area contributed by atoms with Crippen molar-refractivity contribution >= 4 is 29.7 Å². The molecule has 0 amide bonds. The van der Waals surface area contributed by atoms with Crippen LogP contribution >= 0.6 is 0 Å². The van der Waals surface area contributed by atoms with Crippen molar-refractivity contribution in [2.45, 2.75) is 63.0 Å². The van der Waals surface area contributed by atoms with Crippen LogP contribution in [0.15, 0.2) is 110 Å². The van der Waals surface area contributed by atoms with Crippen LogP contribution in [0.4, 0.5) is 0 Å². The quantitative estimate of drug-likeness (QED) is 0.137. The number of benzene rings is 4. The molecule has 2 unspecified atom stereocenters. The Balaban J connectivity index is 1.60. The number of hydrogen-bond donors (Lipinski definition) is 0. The number of hydrogen-bond acceptors (Lipinski definition) is 1. The average molecular weight is 573 g/mol. The van der Waals surface area contributed by atoms with Gasteiger partial charge in [0.2, 0.25) is 0 Å². The second-order valence-corrected chi connectivity index (χ2v) is 17.1. The van der Waals surface area contributed by atoms with Crippen molar-refractivity contribution < 1.29 is 4.74 Å². The largest absolute Gasteiger partial charge is 0.457 e. The molecule has 210 valence electrons. The van der Waals surface area contributed by atoms with E-state index in [4.69, 9.17) is 4.74 Å². The van der Waals surface area contributed by atoms with Crippen LogP contribution < -0.4 is 4.74 Å². The van der Waals surface area contributed by atoms with Crippen molar-refractivity contribution in [3.63, 3.8) is 0 Å². The van der Waals surface area contributed by atoms with Gasteiger partial charge in [-0.3, -0.25) is 0 Å². The molecule has 0 saturated carbocycles. The molecule has 0 N–H and O–H groups in total. The van der Waals surface area contributed by atoms with Crippen LogP contribution in [0.25, 0.3) is 12.2 Å². The summed E-state index contributed by atoms with van der Waals surface area (Å²) in [7, 11) is -1.02. The molecule has 0 bridgehead atoms. The van der Waals surface area contributed by atoms with E-state index in [2.05, 4.69) is 136 Å². The minimum atomic E-state index is -0.508. The highest BCUT2D eigenvalue weighted by Crippen LogP contribution is 2.35. The van der Waals surface area contributed by atoms with Gasteiger partial charge >= 0.3 is 0 Å². The predicted molar refractivity (Wildman–Crippen MR) is 183 cm³/mol. The SMILES string of the molecule is C=Cc1ccc(Oc2ccc(C=C)cc2CCC(c2ccccc2)[Si](C)C)c(CCC(c2ccccc2)[Si](C)C)c1. The van der Waals surface area contributed by atoms with Crippen LogP contribution in [0, 0.1) is 0 Å². The van der Waals surface area contributed by atoms with E-state index >= 15 is 0 Å². The summed E-state index contributed by atoms with van der Waals surface area (Å²) in [5.41, 5.74) is 8.87. The average Bonchev–Trinajstić information content (AvgIpc) is 2.99. The molecule has 2 radical (unpaired) electrons. The molecule has 4 aromatic carbocycles. The number of rotatable bonds is 14. The fourth-order valence-corrected chi connectivity index (χ4v) is 8.87. The normalized spacial score (nSPS) is 12.7. The minimum absolute atomic E-state index is 0.508. The van der Waals surface area contributed by atoms with E-state index in [1.165, 1.54) is 22.3 Å². The van der Waals surface area contributed by atoms with Gasteiger partial charge in [0, 0.05) is 17.6 Å². The Morgan fingerprint density at radius 2 is 0.976 bits per heavy atom. The Bertz CT molecular complexity index is 1300.